The SMILES string of the molecule is [B][C@H](OC(=O)c1ccccc1)C1OC(OC(C)=O)C(CC(=O)OC)S1. The molecule has 0 aromatic heterocycles. The quantitative estimate of drug-likeness (QED) is 0.423. The highest BCUT2D eigenvalue weighted by Crippen LogP contribution is 2.37. The summed E-state index contributed by atoms with van der Waals surface area (Å²) in [5, 5.41) is -0.511. The van der Waals surface area contributed by atoms with Gasteiger partial charge < -0.3 is 18.9 Å². The van der Waals surface area contributed by atoms with Gasteiger partial charge in [0.25, 0.3) is 0 Å². The Morgan fingerprint density at radius 3 is 2.56 bits per heavy atom. The zero-order chi connectivity index (χ0) is 18.4. The summed E-state index contributed by atoms with van der Waals surface area (Å²) in [6.45, 7) is 1.23. The van der Waals surface area contributed by atoms with E-state index in [0.717, 1.165) is 11.8 Å². The maximum Gasteiger partial charge on any atom is 0.337 e. The largest absolute Gasteiger partial charge is 0.469 e. The molecular formula is C16H17BO7S. The van der Waals surface area contributed by atoms with Crippen molar-refractivity contribution < 1.29 is 33.3 Å². The Morgan fingerprint density at radius 2 is 1.96 bits per heavy atom. The van der Waals surface area contributed by atoms with E-state index in [1.54, 1.807) is 30.3 Å². The minimum Gasteiger partial charge on any atom is -0.469 e. The minimum absolute atomic E-state index is 0.0328. The van der Waals surface area contributed by atoms with Crippen molar-refractivity contribution in [2.75, 3.05) is 7.11 Å². The summed E-state index contributed by atoms with van der Waals surface area (Å²) in [7, 11) is 7.15. The second kappa shape index (κ2) is 8.91. The molecule has 1 heterocycles. The van der Waals surface area contributed by atoms with E-state index in [0.29, 0.717) is 5.56 Å². The molecule has 0 bridgehead atoms. The first-order valence-electron chi connectivity index (χ1n) is 7.47. The number of rotatable bonds is 6. The van der Waals surface area contributed by atoms with Crippen LogP contribution >= 0.6 is 11.8 Å². The first-order valence-corrected chi connectivity index (χ1v) is 8.41. The van der Waals surface area contributed by atoms with Crippen molar-refractivity contribution in [3.05, 3.63) is 35.9 Å². The van der Waals surface area contributed by atoms with Gasteiger partial charge >= 0.3 is 17.9 Å². The van der Waals surface area contributed by atoms with E-state index >= 15 is 0 Å². The van der Waals surface area contributed by atoms with E-state index < -0.39 is 40.9 Å². The Morgan fingerprint density at radius 1 is 1.28 bits per heavy atom. The normalized spacial score (nSPS) is 23.5. The number of hydrogen-bond acceptors (Lipinski definition) is 8. The van der Waals surface area contributed by atoms with Crippen molar-refractivity contribution in [1.82, 2.24) is 0 Å². The van der Waals surface area contributed by atoms with Gasteiger partial charge in [0, 0.05) is 6.92 Å². The Labute approximate surface area is 150 Å². The maximum absolute atomic E-state index is 12.1. The zero-order valence-corrected chi connectivity index (χ0v) is 14.6. The highest BCUT2D eigenvalue weighted by Gasteiger charge is 2.42. The van der Waals surface area contributed by atoms with Crippen molar-refractivity contribution in [2.24, 2.45) is 0 Å². The molecule has 1 aliphatic heterocycles. The van der Waals surface area contributed by atoms with Crippen molar-refractivity contribution in [1.29, 1.82) is 0 Å². The summed E-state index contributed by atoms with van der Waals surface area (Å²) in [4.78, 5) is 34.7. The average molecular weight is 364 g/mol. The Kier molecular flexibility index (Phi) is 6.89. The van der Waals surface area contributed by atoms with E-state index in [4.69, 9.17) is 22.1 Å². The monoisotopic (exact) mass is 364 g/mol. The molecule has 0 aliphatic carbocycles. The van der Waals surface area contributed by atoms with Gasteiger partial charge in [-0.15, -0.1) is 11.8 Å². The number of ether oxygens (including phenoxy) is 4. The van der Waals surface area contributed by atoms with Crippen LogP contribution in [0.3, 0.4) is 0 Å². The predicted octanol–water partition coefficient (Wildman–Crippen LogP) is 1.25. The molecule has 1 aromatic rings. The highest BCUT2D eigenvalue weighted by molar-refractivity contribution is 8.00. The number of esters is 3. The molecule has 1 aromatic carbocycles. The second-order valence-corrected chi connectivity index (χ2v) is 6.52. The van der Waals surface area contributed by atoms with Crippen molar-refractivity contribution in [3.63, 3.8) is 0 Å². The molecule has 1 aliphatic rings. The van der Waals surface area contributed by atoms with Gasteiger partial charge in [-0.05, 0) is 12.1 Å². The summed E-state index contributed by atoms with van der Waals surface area (Å²) < 4.78 is 20.4. The van der Waals surface area contributed by atoms with Crippen LogP contribution in [0.2, 0.25) is 0 Å². The number of methoxy groups -OCH3 is 1. The van der Waals surface area contributed by atoms with E-state index in [9.17, 15) is 14.4 Å². The number of hydrogen-bond donors (Lipinski definition) is 0. The molecular weight excluding hydrogens is 347 g/mol. The van der Waals surface area contributed by atoms with Gasteiger partial charge in [-0.2, -0.15) is 0 Å². The summed E-state index contributed by atoms with van der Waals surface area (Å²) in [6.07, 6.45) is -1.01. The Balaban J connectivity index is 1.99. The van der Waals surface area contributed by atoms with Gasteiger partial charge in [0.1, 0.15) is 13.3 Å². The van der Waals surface area contributed by atoms with Crippen LogP contribution in [0.4, 0.5) is 0 Å². The third kappa shape index (κ3) is 5.50. The fourth-order valence-electron chi connectivity index (χ4n) is 2.12. The van der Waals surface area contributed by atoms with Gasteiger partial charge in [0.05, 0.1) is 30.3 Å². The van der Waals surface area contributed by atoms with Crippen LogP contribution in [0, 0.1) is 0 Å². The van der Waals surface area contributed by atoms with Gasteiger partial charge in [0.15, 0.2) is 0 Å². The molecule has 2 rings (SSSR count). The van der Waals surface area contributed by atoms with E-state index in [1.807, 2.05) is 0 Å². The molecule has 0 amide bonds. The summed E-state index contributed by atoms with van der Waals surface area (Å²) in [5.74, 6) is -1.64. The number of benzene rings is 1. The molecule has 0 spiro atoms. The number of carbonyl (C=O) groups excluding carboxylic acids is 3. The lowest BCUT2D eigenvalue weighted by Gasteiger charge is -2.20. The zero-order valence-electron chi connectivity index (χ0n) is 13.7. The first kappa shape index (κ1) is 19.3. The van der Waals surface area contributed by atoms with E-state index in [2.05, 4.69) is 4.74 Å². The van der Waals surface area contributed by atoms with Gasteiger partial charge in [-0.3, -0.25) is 9.59 Å². The third-order valence-corrected chi connectivity index (χ3v) is 4.67. The van der Waals surface area contributed by atoms with Crippen LogP contribution in [-0.4, -0.2) is 55.8 Å². The summed E-state index contributed by atoms with van der Waals surface area (Å²) in [6, 6.07) is 7.27. The fourth-order valence-corrected chi connectivity index (χ4v) is 3.33. The van der Waals surface area contributed by atoms with Crippen LogP contribution in [0.5, 0.6) is 0 Å². The van der Waals surface area contributed by atoms with Crippen LogP contribution in [0.1, 0.15) is 23.7 Å². The number of carbonyl (C=O) groups is 3. The molecule has 132 valence electrons. The lowest BCUT2D eigenvalue weighted by atomic mass is 10.0. The van der Waals surface area contributed by atoms with Gasteiger partial charge in [0.2, 0.25) is 6.29 Å². The number of thioether (sulfide) groups is 1. The predicted molar refractivity (Wildman–Crippen MR) is 89.8 cm³/mol. The molecule has 0 saturated carbocycles. The van der Waals surface area contributed by atoms with Crippen molar-refractivity contribution in [2.45, 2.75) is 36.3 Å². The topological polar surface area (TPSA) is 88.1 Å². The fraction of sp³-hybridized carbons (Fsp3) is 0.438. The van der Waals surface area contributed by atoms with Gasteiger partial charge in [-0.1, -0.05) is 18.2 Å². The van der Waals surface area contributed by atoms with Crippen LogP contribution in [-0.2, 0) is 28.5 Å². The molecule has 7 nitrogen and oxygen atoms in total. The lowest BCUT2D eigenvalue weighted by molar-refractivity contribution is -0.179. The van der Waals surface area contributed by atoms with Crippen LogP contribution in [0.25, 0.3) is 0 Å². The van der Waals surface area contributed by atoms with Crippen molar-refractivity contribution in [3.8, 4) is 0 Å². The third-order valence-electron chi connectivity index (χ3n) is 3.28. The summed E-state index contributed by atoms with van der Waals surface area (Å²) >= 11 is 1.15. The molecule has 9 heteroatoms. The molecule has 4 atom stereocenters. The molecule has 2 radical (unpaired) electrons. The summed E-state index contributed by atoms with van der Waals surface area (Å²) in [5.41, 5.74) is -0.435. The first-order chi connectivity index (χ1) is 11.9. The van der Waals surface area contributed by atoms with Crippen LogP contribution < -0.4 is 0 Å². The molecule has 25 heavy (non-hydrogen) atoms. The Bertz CT molecular complexity index is 624. The molecule has 1 fully saturated rings. The standard InChI is InChI=1S/C16H17BO7S/c1-9(18)22-15-11(8-12(19)21-2)25-16(24-15)13(17)23-14(20)10-6-4-3-5-7-10/h3-7,11,13,15-16H,8H2,1-2H3/t11?,13-,15?,16?/m1/s1. The molecule has 0 N–H and O–H groups in total. The van der Waals surface area contributed by atoms with E-state index in [-0.39, 0.29) is 6.42 Å². The minimum atomic E-state index is -1.10. The van der Waals surface area contributed by atoms with Gasteiger partial charge in [-0.25, -0.2) is 4.79 Å². The average Bonchev–Trinajstić information content (AvgIpc) is 2.97. The maximum atomic E-state index is 12.1. The second-order valence-electron chi connectivity index (χ2n) is 5.17. The van der Waals surface area contributed by atoms with Crippen LogP contribution in [0.15, 0.2) is 30.3 Å². The Hall–Kier alpha value is -2.00. The highest BCUT2D eigenvalue weighted by atomic mass is 32.2. The van der Waals surface area contributed by atoms with E-state index in [1.165, 1.54) is 14.0 Å². The smallest absolute Gasteiger partial charge is 0.337 e. The lowest BCUT2D eigenvalue weighted by Crippen LogP contribution is -2.32. The molecule has 1 saturated heterocycles. The van der Waals surface area contributed by atoms with Crippen molar-refractivity contribution >= 4 is 37.5 Å². The molecule has 3 unspecified atom stereocenters.